The Hall–Kier alpha value is -2.81. The molecule has 0 aliphatic rings. The van der Waals surface area contributed by atoms with Crippen molar-refractivity contribution in [2.24, 2.45) is 9.39 Å². The second-order valence-corrected chi connectivity index (χ2v) is 10.8. The summed E-state index contributed by atoms with van der Waals surface area (Å²) < 4.78 is 31.9. The molecular weight excluding hydrogens is 446 g/mol. The topological polar surface area (TPSA) is 63.8 Å². The van der Waals surface area contributed by atoms with E-state index in [1.54, 1.807) is 24.3 Å². The summed E-state index contributed by atoms with van der Waals surface area (Å²) in [5.41, 5.74) is 4.01. The highest BCUT2D eigenvalue weighted by Gasteiger charge is 2.14. The maximum Gasteiger partial charge on any atom is 0.285 e. The molecule has 5 nitrogen and oxygen atoms in total. The van der Waals surface area contributed by atoms with E-state index in [0.29, 0.717) is 16.1 Å². The molecule has 0 saturated carbocycles. The fourth-order valence-electron chi connectivity index (χ4n) is 2.89. The van der Waals surface area contributed by atoms with E-state index in [0.717, 1.165) is 22.4 Å². The van der Waals surface area contributed by atoms with Crippen LogP contribution in [0.2, 0.25) is 0 Å². The minimum Gasteiger partial charge on any atom is -0.287 e. The Balaban J connectivity index is 1.86. The number of nitrogens with zero attached hydrogens (tertiary/aromatic N) is 3. The molecule has 31 heavy (non-hydrogen) atoms. The van der Waals surface area contributed by atoms with Gasteiger partial charge in [-0.2, -0.15) is 8.42 Å². The van der Waals surface area contributed by atoms with Crippen LogP contribution in [0.4, 0.5) is 5.69 Å². The van der Waals surface area contributed by atoms with Gasteiger partial charge in [0.2, 0.25) is 9.60 Å². The van der Waals surface area contributed by atoms with Gasteiger partial charge in [-0.25, -0.2) is 4.99 Å². The Kier molecular flexibility index (Phi) is 6.31. The van der Waals surface area contributed by atoms with Crippen molar-refractivity contribution >= 4 is 36.4 Å². The van der Waals surface area contributed by atoms with Crippen LogP contribution in [0.15, 0.2) is 93.1 Å². The van der Waals surface area contributed by atoms with Crippen LogP contribution < -0.4 is 9.60 Å². The van der Waals surface area contributed by atoms with Gasteiger partial charge >= 0.3 is 0 Å². The van der Waals surface area contributed by atoms with Gasteiger partial charge in [0.05, 0.1) is 17.1 Å². The predicted octanol–water partition coefficient (Wildman–Crippen LogP) is 4.80. The standard InChI is InChI=1S/C23H21N3O2S3/c1-17-8-12-20(13-9-17)24-22-26(16-19-6-4-3-5-7-19)23(30-29-22)25-31(27,28)21-14-10-18(2)11-15-21/h3-15H,16H2,1-2H3/b24-22?,25-23+. The van der Waals surface area contributed by atoms with Crippen molar-refractivity contribution in [1.82, 2.24) is 4.57 Å². The van der Waals surface area contributed by atoms with Crippen LogP contribution in [0.1, 0.15) is 16.7 Å². The molecule has 0 unspecified atom stereocenters. The molecule has 3 aromatic carbocycles. The predicted molar refractivity (Wildman–Crippen MR) is 126 cm³/mol. The van der Waals surface area contributed by atoms with E-state index >= 15 is 0 Å². The molecular formula is C23H21N3O2S3. The van der Waals surface area contributed by atoms with Gasteiger partial charge in [0.15, 0.2) is 0 Å². The number of sulfonamides is 1. The summed E-state index contributed by atoms with van der Waals surface area (Å²) in [5.74, 6) is 0. The summed E-state index contributed by atoms with van der Waals surface area (Å²) in [6.07, 6.45) is 0. The molecule has 0 spiro atoms. The monoisotopic (exact) mass is 467 g/mol. The molecule has 0 bridgehead atoms. The fourth-order valence-corrected chi connectivity index (χ4v) is 6.40. The third-order valence-corrected chi connectivity index (χ3v) is 8.16. The van der Waals surface area contributed by atoms with Crippen LogP contribution in [0.3, 0.4) is 0 Å². The first-order valence-electron chi connectivity index (χ1n) is 9.64. The van der Waals surface area contributed by atoms with Gasteiger partial charge in [-0.15, -0.1) is 4.40 Å². The van der Waals surface area contributed by atoms with Crippen molar-refractivity contribution in [1.29, 1.82) is 0 Å². The van der Waals surface area contributed by atoms with E-state index in [2.05, 4.69) is 4.40 Å². The zero-order chi connectivity index (χ0) is 21.8. The van der Waals surface area contributed by atoms with Crippen LogP contribution in [-0.4, -0.2) is 13.0 Å². The molecule has 4 aromatic rings. The third kappa shape index (κ3) is 5.28. The number of hydrogen-bond donors (Lipinski definition) is 0. The van der Waals surface area contributed by atoms with Crippen LogP contribution in [0.5, 0.6) is 0 Å². The number of hydrogen-bond acceptors (Lipinski definition) is 5. The van der Waals surface area contributed by atoms with Crippen molar-refractivity contribution in [2.45, 2.75) is 25.3 Å². The molecule has 0 atom stereocenters. The van der Waals surface area contributed by atoms with E-state index in [9.17, 15) is 8.42 Å². The van der Waals surface area contributed by atoms with Gasteiger partial charge in [0.25, 0.3) is 10.0 Å². The Labute approximate surface area is 188 Å². The van der Waals surface area contributed by atoms with Crippen LogP contribution in [-0.2, 0) is 16.6 Å². The third-order valence-electron chi connectivity index (χ3n) is 4.61. The van der Waals surface area contributed by atoms with Gasteiger partial charge in [-0.05, 0) is 64.4 Å². The van der Waals surface area contributed by atoms with E-state index in [1.165, 1.54) is 20.7 Å². The molecule has 0 aliphatic carbocycles. The molecule has 4 rings (SSSR count). The Morgan fingerprint density at radius 3 is 2.00 bits per heavy atom. The van der Waals surface area contributed by atoms with E-state index < -0.39 is 10.0 Å². The van der Waals surface area contributed by atoms with Crippen molar-refractivity contribution in [3.8, 4) is 0 Å². The molecule has 0 radical (unpaired) electrons. The first-order valence-corrected chi connectivity index (χ1v) is 13.2. The number of aromatic nitrogens is 1. The van der Waals surface area contributed by atoms with Crippen molar-refractivity contribution in [3.05, 3.63) is 105 Å². The molecule has 1 aromatic heterocycles. The van der Waals surface area contributed by atoms with Crippen molar-refractivity contribution in [2.75, 3.05) is 0 Å². The highest BCUT2D eigenvalue weighted by atomic mass is 32.9. The minimum absolute atomic E-state index is 0.180. The normalized spacial score (nSPS) is 13.0. The molecule has 0 aliphatic heterocycles. The Morgan fingerprint density at radius 1 is 0.774 bits per heavy atom. The van der Waals surface area contributed by atoms with Gasteiger partial charge in [-0.3, -0.25) is 4.57 Å². The van der Waals surface area contributed by atoms with Crippen LogP contribution in [0.25, 0.3) is 0 Å². The smallest absolute Gasteiger partial charge is 0.285 e. The van der Waals surface area contributed by atoms with E-state index in [4.69, 9.17) is 4.99 Å². The summed E-state index contributed by atoms with van der Waals surface area (Å²) in [7, 11) is -1.11. The first-order chi connectivity index (χ1) is 14.9. The van der Waals surface area contributed by atoms with E-state index in [1.807, 2.05) is 73.0 Å². The average Bonchev–Trinajstić information content (AvgIpc) is 3.11. The van der Waals surface area contributed by atoms with Gasteiger partial charge in [0, 0.05) is 0 Å². The number of aryl methyl sites for hydroxylation is 2. The lowest BCUT2D eigenvalue weighted by molar-refractivity contribution is 0.595. The summed E-state index contributed by atoms with van der Waals surface area (Å²) in [5, 5.41) is 0. The lowest BCUT2D eigenvalue weighted by Gasteiger charge is -2.04. The maximum atomic E-state index is 12.9. The van der Waals surface area contributed by atoms with Crippen molar-refractivity contribution in [3.63, 3.8) is 0 Å². The summed E-state index contributed by atoms with van der Waals surface area (Å²) in [4.78, 5) is 6.04. The highest BCUT2D eigenvalue weighted by Crippen LogP contribution is 2.14. The van der Waals surface area contributed by atoms with E-state index in [-0.39, 0.29) is 4.90 Å². The minimum atomic E-state index is -3.83. The summed E-state index contributed by atoms with van der Waals surface area (Å²) in [6, 6.07) is 24.5. The second-order valence-electron chi connectivity index (χ2n) is 7.13. The SMILES string of the molecule is Cc1ccc(N=c2ss/c(=N/S(=O)(=O)c3ccc(C)cc3)n2Cc2ccccc2)cc1. The maximum absolute atomic E-state index is 12.9. The molecule has 8 heteroatoms. The first kappa shape index (κ1) is 21.4. The van der Waals surface area contributed by atoms with Gasteiger partial charge in [-0.1, -0.05) is 65.7 Å². The van der Waals surface area contributed by atoms with Crippen molar-refractivity contribution < 1.29 is 8.42 Å². The van der Waals surface area contributed by atoms with Gasteiger partial charge in [0.1, 0.15) is 0 Å². The highest BCUT2D eigenvalue weighted by molar-refractivity contribution is 7.90. The molecule has 1 heterocycles. The summed E-state index contributed by atoms with van der Waals surface area (Å²) in [6.45, 7) is 4.43. The van der Waals surface area contributed by atoms with Crippen LogP contribution in [0, 0.1) is 13.8 Å². The lowest BCUT2D eigenvalue weighted by Crippen LogP contribution is -2.27. The zero-order valence-corrected chi connectivity index (χ0v) is 19.5. The Bertz CT molecular complexity index is 1410. The quantitative estimate of drug-likeness (QED) is 0.396. The average molecular weight is 468 g/mol. The molecule has 0 fully saturated rings. The molecule has 0 saturated heterocycles. The number of benzene rings is 3. The molecule has 0 amide bonds. The molecule has 0 N–H and O–H groups in total. The molecule has 158 valence electrons. The lowest BCUT2D eigenvalue weighted by atomic mass is 10.2. The second kappa shape index (κ2) is 9.13. The summed E-state index contributed by atoms with van der Waals surface area (Å²) >= 11 is 0. The fraction of sp³-hybridized carbons (Fsp3) is 0.130. The Morgan fingerprint density at radius 2 is 1.35 bits per heavy atom. The largest absolute Gasteiger partial charge is 0.287 e. The van der Waals surface area contributed by atoms with Crippen LogP contribution >= 0.6 is 20.7 Å². The van der Waals surface area contributed by atoms with Gasteiger partial charge < -0.3 is 0 Å². The number of rotatable bonds is 5. The zero-order valence-electron chi connectivity index (χ0n) is 17.1.